The highest BCUT2D eigenvalue weighted by Gasteiger charge is 2.54. The molecular formula is C25H29NO5. The van der Waals surface area contributed by atoms with Crippen molar-refractivity contribution in [1.29, 1.82) is 0 Å². The normalized spacial score (nSPS) is 31.2. The van der Waals surface area contributed by atoms with E-state index >= 15 is 0 Å². The highest BCUT2D eigenvalue weighted by molar-refractivity contribution is 5.67. The van der Waals surface area contributed by atoms with Gasteiger partial charge in [-0.3, -0.25) is 10.7 Å². The number of aliphatic hydroxyl groups is 1. The van der Waals surface area contributed by atoms with Gasteiger partial charge in [-0.25, -0.2) is 4.79 Å². The fourth-order valence-corrected chi connectivity index (χ4v) is 6.41. The molecule has 3 aliphatic rings. The molecule has 31 heavy (non-hydrogen) atoms. The van der Waals surface area contributed by atoms with E-state index in [9.17, 15) is 9.90 Å². The van der Waals surface area contributed by atoms with Gasteiger partial charge in [-0.05, 0) is 109 Å². The van der Waals surface area contributed by atoms with Crippen LogP contribution in [0.15, 0.2) is 42.5 Å². The average Bonchev–Trinajstić information content (AvgIpc) is 3.08. The summed E-state index contributed by atoms with van der Waals surface area (Å²) in [5, 5.41) is 19.4. The van der Waals surface area contributed by atoms with E-state index in [0.717, 1.165) is 38.5 Å². The number of carbonyl (C=O) groups is 1. The Hall–Kier alpha value is -2.57. The fraction of sp³-hybridized carbons (Fsp3) is 0.480. The molecule has 0 aliphatic heterocycles. The second-order valence-electron chi connectivity index (χ2n) is 9.50. The Bertz CT molecular complexity index is 974. The third-order valence-corrected chi connectivity index (χ3v) is 8.03. The lowest BCUT2D eigenvalue weighted by atomic mass is 9.55. The van der Waals surface area contributed by atoms with Crippen LogP contribution in [0.3, 0.4) is 0 Å². The van der Waals surface area contributed by atoms with Crippen LogP contribution in [0.5, 0.6) is 11.5 Å². The molecule has 0 amide bonds. The van der Waals surface area contributed by atoms with Crippen LogP contribution < -0.4 is 15.0 Å². The summed E-state index contributed by atoms with van der Waals surface area (Å²) in [5.41, 5.74) is 5.25. The zero-order valence-corrected chi connectivity index (χ0v) is 17.7. The van der Waals surface area contributed by atoms with E-state index in [4.69, 9.17) is 14.7 Å². The minimum atomic E-state index is -0.785. The Kier molecular flexibility index (Phi) is 5.15. The number of hydrogen-bond donors (Lipinski definition) is 3. The van der Waals surface area contributed by atoms with Gasteiger partial charge < -0.3 is 14.6 Å². The molecule has 0 bridgehead atoms. The summed E-state index contributed by atoms with van der Waals surface area (Å²) < 4.78 is 10.6. The smallest absolute Gasteiger partial charge is 0.395 e. The second-order valence-corrected chi connectivity index (χ2v) is 9.50. The number of hydrogen-bond acceptors (Lipinski definition) is 6. The molecule has 2 aromatic carbocycles. The van der Waals surface area contributed by atoms with E-state index in [-0.39, 0.29) is 11.5 Å². The van der Waals surface area contributed by atoms with Gasteiger partial charge in [-0.15, -0.1) is 0 Å². The van der Waals surface area contributed by atoms with Crippen molar-refractivity contribution in [3.05, 3.63) is 53.6 Å². The molecule has 6 nitrogen and oxygen atoms in total. The third-order valence-electron chi connectivity index (χ3n) is 8.03. The molecule has 164 valence electrons. The van der Waals surface area contributed by atoms with Gasteiger partial charge in [0.1, 0.15) is 11.5 Å². The molecule has 6 heteroatoms. The summed E-state index contributed by atoms with van der Waals surface area (Å²) in [6, 6.07) is 12.3. The van der Waals surface area contributed by atoms with Crippen LogP contribution in [-0.4, -0.2) is 22.6 Å². The molecular weight excluding hydrogens is 394 g/mol. The lowest BCUT2D eigenvalue weighted by molar-refractivity contribution is -0.0226. The van der Waals surface area contributed by atoms with Crippen LogP contribution in [0.4, 0.5) is 10.5 Å². The largest absolute Gasteiger partial charge is 0.519 e. The van der Waals surface area contributed by atoms with Gasteiger partial charge in [-0.1, -0.05) is 13.0 Å². The van der Waals surface area contributed by atoms with Gasteiger partial charge in [-0.2, -0.15) is 0 Å². The van der Waals surface area contributed by atoms with Gasteiger partial charge in [0, 0.05) is 0 Å². The molecule has 5 atom stereocenters. The average molecular weight is 424 g/mol. The maximum Gasteiger partial charge on any atom is 0.519 e. The number of nitrogens with one attached hydrogen (secondary N) is 1. The molecule has 0 heterocycles. The third kappa shape index (κ3) is 3.58. The number of carbonyl (C=O) groups excluding carboxylic acids is 1. The lowest BCUT2D eigenvalue weighted by Gasteiger charge is -2.50. The summed E-state index contributed by atoms with van der Waals surface area (Å²) in [6.07, 6.45) is 5.42. The van der Waals surface area contributed by atoms with Crippen LogP contribution >= 0.6 is 0 Å². The number of ether oxygens (including phenoxy) is 2. The molecule has 0 spiro atoms. The molecule has 2 saturated carbocycles. The standard InChI is InChI=1S/C25H29NO5/c1-25-13-12-20-19-9-7-18(31-24(28)30-17-5-3-16(26-29)4-6-17)14-15(19)2-8-21(20)22(25)10-11-23(25)27/h3-7,9,14,20-23,26-27,29H,2,8,10-13H2,1H3. The van der Waals surface area contributed by atoms with Crippen molar-refractivity contribution in [1.82, 2.24) is 0 Å². The van der Waals surface area contributed by atoms with E-state index in [1.165, 1.54) is 11.1 Å². The number of aryl methyl sites for hydroxylation is 1. The molecule has 2 fully saturated rings. The van der Waals surface area contributed by atoms with Crippen molar-refractivity contribution >= 4 is 11.8 Å². The summed E-state index contributed by atoms with van der Waals surface area (Å²) in [6.45, 7) is 2.29. The zero-order valence-electron chi connectivity index (χ0n) is 17.7. The molecule has 0 radical (unpaired) electrons. The predicted molar refractivity (Wildman–Crippen MR) is 116 cm³/mol. The first-order valence-corrected chi connectivity index (χ1v) is 11.2. The van der Waals surface area contributed by atoms with Gasteiger partial charge >= 0.3 is 6.16 Å². The number of benzene rings is 2. The van der Waals surface area contributed by atoms with E-state index in [1.807, 2.05) is 17.6 Å². The topological polar surface area (TPSA) is 88.0 Å². The minimum absolute atomic E-state index is 0.0803. The van der Waals surface area contributed by atoms with E-state index in [0.29, 0.717) is 34.9 Å². The van der Waals surface area contributed by atoms with Crippen molar-refractivity contribution in [3.8, 4) is 11.5 Å². The SMILES string of the molecule is CC12CCC3c4ccc(OC(=O)Oc5ccc(NO)cc5)cc4CCC3C1CCC2O. The maximum absolute atomic E-state index is 12.2. The van der Waals surface area contributed by atoms with Crippen molar-refractivity contribution in [2.24, 2.45) is 17.3 Å². The number of aliphatic hydroxyl groups excluding tert-OH is 1. The molecule has 5 unspecified atom stereocenters. The Balaban J connectivity index is 1.28. The summed E-state index contributed by atoms with van der Waals surface area (Å²) >= 11 is 0. The van der Waals surface area contributed by atoms with Crippen molar-refractivity contribution in [2.45, 2.75) is 57.5 Å². The first-order valence-electron chi connectivity index (χ1n) is 11.2. The van der Waals surface area contributed by atoms with Gasteiger partial charge in [0.25, 0.3) is 0 Å². The number of fused-ring (bicyclic) bond motifs is 5. The quantitative estimate of drug-likeness (QED) is 0.354. The molecule has 5 rings (SSSR count). The van der Waals surface area contributed by atoms with Gasteiger partial charge in [0.15, 0.2) is 0 Å². The van der Waals surface area contributed by atoms with Gasteiger partial charge in [0.05, 0.1) is 11.8 Å². The second kappa shape index (κ2) is 7.84. The molecule has 0 saturated heterocycles. The Morgan fingerprint density at radius 3 is 2.55 bits per heavy atom. The first-order chi connectivity index (χ1) is 15.0. The van der Waals surface area contributed by atoms with Crippen LogP contribution in [0.2, 0.25) is 0 Å². The van der Waals surface area contributed by atoms with Crippen molar-refractivity contribution in [3.63, 3.8) is 0 Å². The zero-order chi connectivity index (χ0) is 21.6. The molecule has 3 aliphatic carbocycles. The van der Waals surface area contributed by atoms with E-state index < -0.39 is 6.16 Å². The summed E-state index contributed by atoms with van der Waals surface area (Å²) in [4.78, 5) is 12.2. The highest BCUT2D eigenvalue weighted by Crippen LogP contribution is 2.60. The number of rotatable bonds is 3. The fourth-order valence-electron chi connectivity index (χ4n) is 6.41. The van der Waals surface area contributed by atoms with Gasteiger partial charge in [0.2, 0.25) is 0 Å². The highest BCUT2D eigenvalue weighted by atomic mass is 16.7. The Morgan fingerprint density at radius 2 is 1.77 bits per heavy atom. The predicted octanol–water partition coefficient (Wildman–Crippen LogP) is 5.28. The van der Waals surface area contributed by atoms with Crippen LogP contribution in [0.25, 0.3) is 0 Å². The van der Waals surface area contributed by atoms with Crippen LogP contribution in [0.1, 0.15) is 56.1 Å². The molecule has 2 aromatic rings. The lowest BCUT2D eigenvalue weighted by Crippen LogP contribution is -2.43. The Labute approximate surface area is 182 Å². The van der Waals surface area contributed by atoms with Crippen molar-refractivity contribution in [2.75, 3.05) is 5.48 Å². The maximum atomic E-state index is 12.2. The first kappa shape index (κ1) is 20.3. The summed E-state index contributed by atoms with van der Waals surface area (Å²) in [7, 11) is 0. The van der Waals surface area contributed by atoms with Crippen LogP contribution in [-0.2, 0) is 6.42 Å². The Morgan fingerprint density at radius 1 is 1.03 bits per heavy atom. The molecule has 3 N–H and O–H groups in total. The minimum Gasteiger partial charge on any atom is -0.395 e. The summed E-state index contributed by atoms with van der Waals surface area (Å²) in [5.74, 6) is 2.61. The molecule has 0 aromatic heterocycles. The van der Waals surface area contributed by atoms with Crippen LogP contribution in [0, 0.1) is 17.3 Å². The van der Waals surface area contributed by atoms with E-state index in [1.54, 1.807) is 24.3 Å². The van der Waals surface area contributed by atoms with E-state index in [2.05, 4.69) is 13.0 Å². The number of anilines is 1. The monoisotopic (exact) mass is 423 g/mol. The van der Waals surface area contributed by atoms with Crippen molar-refractivity contribution < 1.29 is 24.6 Å².